The summed E-state index contributed by atoms with van der Waals surface area (Å²) in [5, 5.41) is 0. The summed E-state index contributed by atoms with van der Waals surface area (Å²) in [4.78, 5) is 0. The highest BCUT2D eigenvalue weighted by Crippen LogP contribution is 2.43. The molecule has 0 saturated heterocycles. The van der Waals surface area contributed by atoms with Crippen LogP contribution in [0.3, 0.4) is 0 Å². The molecule has 19 heavy (non-hydrogen) atoms. The molecule has 2 aliphatic carbocycles. The Morgan fingerprint density at radius 2 is 1.84 bits per heavy atom. The Morgan fingerprint density at radius 1 is 1.21 bits per heavy atom. The van der Waals surface area contributed by atoms with Crippen LogP contribution in [0.4, 0.5) is 0 Å². The van der Waals surface area contributed by atoms with E-state index in [1.54, 1.807) is 0 Å². The molecule has 0 spiro atoms. The first kappa shape index (κ1) is 15.7. The maximum absolute atomic E-state index is 6.21. The molecule has 0 bridgehead atoms. The summed E-state index contributed by atoms with van der Waals surface area (Å²) in [5.74, 6) is 0. The molecule has 0 fully saturated rings. The fourth-order valence-corrected chi connectivity index (χ4v) is 2.47. The lowest BCUT2D eigenvalue weighted by Crippen LogP contribution is -2.10. The SMILES string of the molecule is C.CC(C)N.NC1C2=C(C=CCC2)c2ccccc21. The van der Waals surface area contributed by atoms with Gasteiger partial charge in [-0.2, -0.15) is 0 Å². The van der Waals surface area contributed by atoms with Crippen molar-refractivity contribution in [3.05, 3.63) is 53.1 Å². The Balaban J connectivity index is 0.000000323. The Hall–Kier alpha value is -1.38. The summed E-state index contributed by atoms with van der Waals surface area (Å²) < 4.78 is 0. The number of allylic oxidation sites excluding steroid dienone is 3. The molecular formula is C17H26N2. The highest BCUT2D eigenvalue weighted by atomic mass is 14.7. The molecule has 0 radical (unpaired) electrons. The van der Waals surface area contributed by atoms with Gasteiger partial charge in [0.2, 0.25) is 0 Å². The van der Waals surface area contributed by atoms with Crippen LogP contribution in [0, 0.1) is 0 Å². The summed E-state index contributed by atoms with van der Waals surface area (Å²) in [6.45, 7) is 3.89. The topological polar surface area (TPSA) is 52.0 Å². The zero-order valence-electron chi connectivity index (χ0n) is 11.2. The van der Waals surface area contributed by atoms with Crippen LogP contribution in [0.1, 0.15) is 51.3 Å². The summed E-state index contributed by atoms with van der Waals surface area (Å²) in [6, 6.07) is 8.95. The van der Waals surface area contributed by atoms with Crippen molar-refractivity contribution in [2.45, 2.75) is 46.2 Å². The second kappa shape index (κ2) is 6.69. The van der Waals surface area contributed by atoms with Crippen LogP contribution in [0.25, 0.3) is 5.57 Å². The van der Waals surface area contributed by atoms with Crippen molar-refractivity contribution in [2.75, 3.05) is 0 Å². The zero-order chi connectivity index (χ0) is 13.1. The van der Waals surface area contributed by atoms with E-state index in [1.165, 1.54) is 22.3 Å². The van der Waals surface area contributed by atoms with E-state index in [4.69, 9.17) is 11.5 Å². The molecule has 0 aromatic heterocycles. The van der Waals surface area contributed by atoms with Crippen molar-refractivity contribution in [3.8, 4) is 0 Å². The number of hydrogen-bond donors (Lipinski definition) is 2. The Morgan fingerprint density at radius 3 is 2.53 bits per heavy atom. The first-order chi connectivity index (χ1) is 8.61. The van der Waals surface area contributed by atoms with Gasteiger partial charge >= 0.3 is 0 Å². The lowest BCUT2D eigenvalue weighted by Gasteiger charge is -2.12. The molecule has 1 aromatic carbocycles. The van der Waals surface area contributed by atoms with Crippen molar-refractivity contribution < 1.29 is 0 Å². The smallest absolute Gasteiger partial charge is 0.0526 e. The standard InChI is InChI=1S/C13H13N.C3H9N.CH4/c14-13-11-7-3-1-5-9(11)10-6-2-4-8-12(10)13;1-3(2)4;/h1-3,5-7,13H,4,8,14H2;3H,4H2,1-2H3;1H4. The maximum atomic E-state index is 6.21. The van der Waals surface area contributed by atoms with Crippen LogP contribution >= 0.6 is 0 Å². The second-order valence-corrected chi connectivity index (χ2v) is 5.19. The van der Waals surface area contributed by atoms with Crippen molar-refractivity contribution in [3.63, 3.8) is 0 Å². The van der Waals surface area contributed by atoms with Gasteiger partial charge in [0.15, 0.2) is 0 Å². The lowest BCUT2D eigenvalue weighted by atomic mass is 9.96. The summed E-state index contributed by atoms with van der Waals surface area (Å²) >= 11 is 0. The van der Waals surface area contributed by atoms with E-state index < -0.39 is 0 Å². The fraction of sp³-hybridized carbons (Fsp3) is 0.412. The highest BCUT2D eigenvalue weighted by Gasteiger charge is 2.27. The van der Waals surface area contributed by atoms with Gasteiger partial charge in [0, 0.05) is 0 Å². The zero-order valence-corrected chi connectivity index (χ0v) is 11.2. The molecule has 1 aromatic rings. The molecule has 0 heterocycles. The molecule has 2 aliphatic rings. The molecule has 3 rings (SSSR count). The van der Waals surface area contributed by atoms with Gasteiger partial charge in [-0.3, -0.25) is 0 Å². The largest absolute Gasteiger partial charge is 0.328 e. The van der Waals surface area contributed by atoms with Crippen LogP contribution in [-0.2, 0) is 0 Å². The summed E-state index contributed by atoms with van der Waals surface area (Å²) in [7, 11) is 0. The minimum absolute atomic E-state index is 0. The molecule has 2 heteroatoms. The molecule has 0 aliphatic heterocycles. The summed E-state index contributed by atoms with van der Waals surface area (Å²) in [5.41, 5.74) is 16.8. The Kier molecular flexibility index (Phi) is 5.52. The number of hydrogen-bond acceptors (Lipinski definition) is 2. The van der Waals surface area contributed by atoms with Crippen LogP contribution in [0.5, 0.6) is 0 Å². The van der Waals surface area contributed by atoms with Crippen molar-refractivity contribution in [1.82, 2.24) is 0 Å². The van der Waals surface area contributed by atoms with Crippen molar-refractivity contribution >= 4 is 5.57 Å². The van der Waals surface area contributed by atoms with Gasteiger partial charge in [0.25, 0.3) is 0 Å². The molecule has 1 atom stereocenters. The molecule has 1 unspecified atom stereocenters. The average Bonchev–Trinajstić information content (AvgIpc) is 2.64. The van der Waals surface area contributed by atoms with Gasteiger partial charge in [-0.1, -0.05) is 57.7 Å². The van der Waals surface area contributed by atoms with E-state index >= 15 is 0 Å². The van der Waals surface area contributed by atoms with Crippen LogP contribution in [0.15, 0.2) is 42.0 Å². The highest BCUT2D eigenvalue weighted by molar-refractivity contribution is 5.84. The average molecular weight is 258 g/mol. The molecule has 0 saturated carbocycles. The number of nitrogens with two attached hydrogens (primary N) is 2. The van der Waals surface area contributed by atoms with Crippen LogP contribution in [-0.4, -0.2) is 6.04 Å². The number of benzene rings is 1. The number of rotatable bonds is 0. The van der Waals surface area contributed by atoms with Gasteiger partial charge in [0.05, 0.1) is 6.04 Å². The van der Waals surface area contributed by atoms with Crippen LogP contribution in [0.2, 0.25) is 0 Å². The van der Waals surface area contributed by atoms with Crippen molar-refractivity contribution in [1.29, 1.82) is 0 Å². The monoisotopic (exact) mass is 258 g/mol. The molecule has 2 nitrogen and oxygen atoms in total. The maximum Gasteiger partial charge on any atom is 0.0526 e. The van der Waals surface area contributed by atoms with E-state index in [9.17, 15) is 0 Å². The molecule has 104 valence electrons. The molecular weight excluding hydrogens is 232 g/mol. The third kappa shape index (κ3) is 3.34. The second-order valence-electron chi connectivity index (χ2n) is 5.19. The van der Waals surface area contributed by atoms with Crippen LogP contribution < -0.4 is 11.5 Å². The predicted octanol–water partition coefficient (Wildman–Crippen LogP) is 3.79. The third-order valence-electron chi connectivity index (χ3n) is 3.17. The fourth-order valence-electron chi connectivity index (χ4n) is 2.47. The van der Waals surface area contributed by atoms with Gasteiger partial charge in [0.1, 0.15) is 0 Å². The minimum atomic E-state index is 0. The minimum Gasteiger partial charge on any atom is -0.328 e. The van der Waals surface area contributed by atoms with Crippen molar-refractivity contribution in [2.24, 2.45) is 11.5 Å². The lowest BCUT2D eigenvalue weighted by molar-refractivity contribution is 0.793. The first-order valence-corrected chi connectivity index (χ1v) is 6.61. The Bertz CT molecular complexity index is 481. The van der Waals surface area contributed by atoms with Gasteiger partial charge in [-0.15, -0.1) is 0 Å². The summed E-state index contributed by atoms with van der Waals surface area (Å²) in [6.07, 6.45) is 6.74. The third-order valence-corrected chi connectivity index (χ3v) is 3.17. The van der Waals surface area contributed by atoms with Gasteiger partial charge < -0.3 is 11.5 Å². The normalized spacial score (nSPS) is 19.3. The van der Waals surface area contributed by atoms with Gasteiger partial charge in [-0.05, 0) is 41.2 Å². The Labute approximate surface area is 117 Å². The first-order valence-electron chi connectivity index (χ1n) is 6.61. The van der Waals surface area contributed by atoms with Gasteiger partial charge in [-0.25, -0.2) is 0 Å². The van der Waals surface area contributed by atoms with E-state index in [1.807, 2.05) is 13.8 Å². The van der Waals surface area contributed by atoms with E-state index in [0.717, 1.165) is 12.8 Å². The van der Waals surface area contributed by atoms with E-state index in [0.29, 0.717) is 6.04 Å². The predicted molar refractivity (Wildman–Crippen MR) is 84.7 cm³/mol. The van der Waals surface area contributed by atoms with E-state index in [-0.39, 0.29) is 13.5 Å². The van der Waals surface area contributed by atoms with E-state index in [2.05, 4.69) is 36.4 Å². The number of fused-ring (bicyclic) bond motifs is 2. The molecule has 0 amide bonds. The molecule has 4 N–H and O–H groups in total. The quantitative estimate of drug-likeness (QED) is 0.744.